The van der Waals surface area contributed by atoms with Crippen LogP contribution in [0.2, 0.25) is 6.82 Å². The standard InChI is InChI=1S/C13H22BN3O/c1-10-11-4-5-13(12(11)16(3)15-10)6-8-17(9-7-13)14(2)18/h18H,4-9H2,1-3H3. The molecule has 1 aromatic heterocycles. The summed E-state index contributed by atoms with van der Waals surface area (Å²) in [7, 11) is 1.77. The Morgan fingerprint density at radius 3 is 2.56 bits per heavy atom. The van der Waals surface area contributed by atoms with Crippen LogP contribution in [0.1, 0.15) is 36.2 Å². The maximum Gasteiger partial charge on any atom is 0.376 e. The Bertz CT molecular complexity index is 461. The molecule has 0 saturated carbocycles. The fourth-order valence-electron chi connectivity index (χ4n) is 3.96. The third-order valence-corrected chi connectivity index (χ3v) is 4.99. The van der Waals surface area contributed by atoms with E-state index in [1.165, 1.54) is 29.8 Å². The fraction of sp³-hybridized carbons (Fsp3) is 0.769. The topological polar surface area (TPSA) is 41.3 Å². The second-order valence-electron chi connectivity index (χ2n) is 5.98. The maximum atomic E-state index is 9.67. The second kappa shape index (κ2) is 4.10. The highest BCUT2D eigenvalue weighted by Gasteiger charge is 2.45. The van der Waals surface area contributed by atoms with Crippen LogP contribution >= 0.6 is 0 Å². The lowest BCUT2D eigenvalue weighted by Gasteiger charge is -2.40. The van der Waals surface area contributed by atoms with Crippen molar-refractivity contribution in [2.75, 3.05) is 13.1 Å². The summed E-state index contributed by atoms with van der Waals surface area (Å²) in [6.45, 7) is 6.00. The molecule has 1 spiro atoms. The van der Waals surface area contributed by atoms with Crippen LogP contribution in [0.5, 0.6) is 0 Å². The maximum absolute atomic E-state index is 9.67. The molecular weight excluding hydrogens is 225 g/mol. The lowest BCUT2D eigenvalue weighted by Crippen LogP contribution is -2.48. The lowest BCUT2D eigenvalue weighted by molar-refractivity contribution is 0.206. The van der Waals surface area contributed by atoms with Crippen molar-refractivity contribution in [1.82, 2.24) is 14.6 Å². The Hall–Kier alpha value is -0.805. The summed E-state index contributed by atoms with van der Waals surface area (Å²) < 4.78 is 2.11. The minimum absolute atomic E-state index is 0.309. The average Bonchev–Trinajstić information content (AvgIpc) is 2.82. The summed E-state index contributed by atoms with van der Waals surface area (Å²) >= 11 is 0. The van der Waals surface area contributed by atoms with Crippen LogP contribution in [0, 0.1) is 6.92 Å². The Morgan fingerprint density at radius 1 is 1.28 bits per heavy atom. The lowest BCUT2D eigenvalue weighted by atomic mass is 9.72. The predicted octanol–water partition coefficient (Wildman–Crippen LogP) is 1.12. The van der Waals surface area contributed by atoms with Crippen LogP contribution in [0.25, 0.3) is 0 Å². The normalized spacial score (nSPS) is 22.4. The van der Waals surface area contributed by atoms with Gasteiger partial charge in [0.15, 0.2) is 0 Å². The molecule has 0 atom stereocenters. The summed E-state index contributed by atoms with van der Waals surface area (Å²) in [4.78, 5) is 2.17. The summed E-state index contributed by atoms with van der Waals surface area (Å²) in [5, 5.41) is 14.3. The zero-order valence-electron chi connectivity index (χ0n) is 11.6. The number of fused-ring (bicyclic) bond motifs is 2. The van der Waals surface area contributed by atoms with Crippen molar-refractivity contribution < 1.29 is 5.02 Å². The summed E-state index contributed by atoms with van der Waals surface area (Å²) in [6.07, 6.45) is 4.76. The number of piperidine rings is 1. The minimum atomic E-state index is -0.309. The number of aromatic nitrogens is 2. The van der Waals surface area contributed by atoms with Crippen LogP contribution in [-0.2, 0) is 18.9 Å². The van der Waals surface area contributed by atoms with Gasteiger partial charge in [0.2, 0.25) is 0 Å². The van der Waals surface area contributed by atoms with Gasteiger partial charge in [0, 0.05) is 18.2 Å². The van der Waals surface area contributed by atoms with E-state index >= 15 is 0 Å². The van der Waals surface area contributed by atoms with Gasteiger partial charge in [-0.15, -0.1) is 0 Å². The molecule has 1 N–H and O–H groups in total. The minimum Gasteiger partial charge on any atom is -0.437 e. The number of hydrogen-bond acceptors (Lipinski definition) is 3. The zero-order chi connectivity index (χ0) is 12.9. The van der Waals surface area contributed by atoms with E-state index in [4.69, 9.17) is 0 Å². The monoisotopic (exact) mass is 247 g/mol. The van der Waals surface area contributed by atoms with E-state index < -0.39 is 0 Å². The molecule has 1 aliphatic carbocycles. The van der Waals surface area contributed by atoms with Crippen LogP contribution < -0.4 is 0 Å². The van der Waals surface area contributed by atoms with E-state index in [2.05, 4.69) is 28.6 Å². The number of rotatable bonds is 1. The molecule has 0 radical (unpaired) electrons. The molecule has 0 bridgehead atoms. The largest absolute Gasteiger partial charge is 0.437 e. The molecule has 2 aliphatic rings. The molecular formula is C13H22BN3O. The van der Waals surface area contributed by atoms with Crippen molar-refractivity contribution in [3.8, 4) is 0 Å². The second-order valence-corrected chi connectivity index (χ2v) is 5.98. The molecule has 0 unspecified atom stereocenters. The molecule has 3 rings (SSSR count). The fourth-order valence-corrected chi connectivity index (χ4v) is 3.96. The third kappa shape index (κ3) is 1.64. The van der Waals surface area contributed by atoms with Gasteiger partial charge in [0.1, 0.15) is 0 Å². The smallest absolute Gasteiger partial charge is 0.376 e. The molecule has 18 heavy (non-hydrogen) atoms. The van der Waals surface area contributed by atoms with Crippen molar-refractivity contribution in [3.63, 3.8) is 0 Å². The van der Waals surface area contributed by atoms with Crippen molar-refractivity contribution >= 4 is 7.05 Å². The first-order valence-corrected chi connectivity index (χ1v) is 6.98. The van der Waals surface area contributed by atoms with E-state index in [-0.39, 0.29) is 7.05 Å². The Labute approximate surface area is 109 Å². The molecule has 1 aliphatic heterocycles. The van der Waals surface area contributed by atoms with Crippen molar-refractivity contribution in [1.29, 1.82) is 0 Å². The van der Waals surface area contributed by atoms with Crippen LogP contribution in [0.4, 0.5) is 0 Å². The molecule has 4 nitrogen and oxygen atoms in total. The number of hydrogen-bond donors (Lipinski definition) is 1. The van der Waals surface area contributed by atoms with Gasteiger partial charge in [-0.2, -0.15) is 5.10 Å². The van der Waals surface area contributed by atoms with Crippen molar-refractivity contribution in [2.45, 2.75) is 44.8 Å². The van der Waals surface area contributed by atoms with Gasteiger partial charge in [-0.3, -0.25) is 4.68 Å². The predicted molar refractivity (Wildman–Crippen MR) is 72.6 cm³/mol. The zero-order valence-corrected chi connectivity index (χ0v) is 11.6. The SMILES string of the molecule is CB(O)N1CCC2(CCc3c(C)nn(C)c32)CC1. The molecule has 1 fully saturated rings. The van der Waals surface area contributed by atoms with E-state index in [9.17, 15) is 5.02 Å². The third-order valence-electron chi connectivity index (χ3n) is 4.99. The van der Waals surface area contributed by atoms with Gasteiger partial charge in [-0.1, -0.05) is 0 Å². The number of aryl methyl sites for hydroxylation is 2. The van der Waals surface area contributed by atoms with Gasteiger partial charge in [-0.05, 0) is 58.1 Å². The highest BCUT2D eigenvalue weighted by molar-refractivity contribution is 6.45. The highest BCUT2D eigenvalue weighted by atomic mass is 16.2. The van der Waals surface area contributed by atoms with E-state index in [1.807, 2.05) is 6.82 Å². The van der Waals surface area contributed by atoms with Gasteiger partial charge in [0.25, 0.3) is 0 Å². The van der Waals surface area contributed by atoms with Crippen LogP contribution in [0.15, 0.2) is 0 Å². The summed E-state index contributed by atoms with van der Waals surface area (Å²) in [6, 6.07) is 0. The summed E-state index contributed by atoms with van der Waals surface area (Å²) in [5.74, 6) is 0. The van der Waals surface area contributed by atoms with Gasteiger partial charge in [0.05, 0.1) is 5.69 Å². The van der Waals surface area contributed by atoms with E-state index in [1.54, 1.807) is 0 Å². The van der Waals surface area contributed by atoms with Crippen molar-refractivity contribution in [2.24, 2.45) is 7.05 Å². The van der Waals surface area contributed by atoms with Crippen LogP contribution in [-0.4, -0.2) is 39.8 Å². The number of nitrogens with zero attached hydrogens (tertiary/aromatic N) is 3. The summed E-state index contributed by atoms with van der Waals surface area (Å²) in [5.41, 5.74) is 4.51. The first-order valence-electron chi connectivity index (χ1n) is 6.98. The highest BCUT2D eigenvalue weighted by Crippen LogP contribution is 2.46. The van der Waals surface area contributed by atoms with Gasteiger partial charge >= 0.3 is 7.05 Å². The van der Waals surface area contributed by atoms with Crippen LogP contribution in [0.3, 0.4) is 0 Å². The quantitative estimate of drug-likeness (QED) is 0.756. The first-order chi connectivity index (χ1) is 8.53. The Morgan fingerprint density at radius 2 is 1.94 bits per heavy atom. The first kappa shape index (κ1) is 12.2. The van der Waals surface area contributed by atoms with E-state index in [0.29, 0.717) is 5.41 Å². The Kier molecular flexibility index (Phi) is 2.79. The molecule has 1 aromatic rings. The molecule has 0 amide bonds. The molecule has 2 heterocycles. The molecule has 5 heteroatoms. The van der Waals surface area contributed by atoms with Gasteiger partial charge in [-0.25, -0.2) is 0 Å². The Balaban J connectivity index is 1.88. The molecule has 1 saturated heterocycles. The molecule has 0 aromatic carbocycles. The molecule has 98 valence electrons. The van der Waals surface area contributed by atoms with E-state index in [0.717, 1.165) is 25.9 Å². The van der Waals surface area contributed by atoms with Gasteiger partial charge < -0.3 is 9.83 Å². The average molecular weight is 247 g/mol. The van der Waals surface area contributed by atoms with Crippen molar-refractivity contribution in [3.05, 3.63) is 17.0 Å².